The first kappa shape index (κ1) is 16.2. The van der Waals surface area contributed by atoms with Gasteiger partial charge in [0.05, 0.1) is 24.1 Å². The summed E-state index contributed by atoms with van der Waals surface area (Å²) >= 11 is 0. The minimum Gasteiger partial charge on any atom is -0.341 e. The number of fused-ring (bicyclic) bond motifs is 2. The summed E-state index contributed by atoms with van der Waals surface area (Å²) in [7, 11) is 0. The maximum absolute atomic E-state index is 12.2. The van der Waals surface area contributed by atoms with Crippen molar-refractivity contribution in [3.05, 3.63) is 59.4 Å². The first-order chi connectivity index (χ1) is 12.6. The number of hydrogen-bond acceptors (Lipinski definition) is 5. The van der Waals surface area contributed by atoms with Gasteiger partial charge in [0, 0.05) is 17.8 Å². The second-order valence-corrected chi connectivity index (χ2v) is 6.21. The van der Waals surface area contributed by atoms with E-state index < -0.39 is 5.91 Å². The highest BCUT2D eigenvalue weighted by Crippen LogP contribution is 2.23. The van der Waals surface area contributed by atoms with Crippen molar-refractivity contribution in [1.29, 1.82) is 0 Å². The van der Waals surface area contributed by atoms with E-state index in [0.29, 0.717) is 18.8 Å². The summed E-state index contributed by atoms with van der Waals surface area (Å²) in [6, 6.07) is 12.7. The first-order valence-corrected chi connectivity index (χ1v) is 8.15. The smallest absolute Gasteiger partial charge is 0.274 e. The van der Waals surface area contributed by atoms with E-state index in [1.165, 1.54) is 0 Å². The van der Waals surface area contributed by atoms with E-state index in [0.717, 1.165) is 22.4 Å². The minimum atomic E-state index is -0.620. The highest BCUT2D eigenvalue weighted by Gasteiger charge is 2.21. The van der Waals surface area contributed by atoms with E-state index in [-0.39, 0.29) is 18.0 Å². The van der Waals surface area contributed by atoms with Crippen molar-refractivity contribution in [3.63, 3.8) is 0 Å². The molecule has 8 heteroatoms. The molecule has 0 saturated carbocycles. The number of aromatic nitrogens is 2. The summed E-state index contributed by atoms with van der Waals surface area (Å²) in [6.45, 7) is 1.25. The molecule has 0 spiro atoms. The molecule has 2 aromatic carbocycles. The normalized spacial score (nSPS) is 14.6. The van der Waals surface area contributed by atoms with Crippen LogP contribution in [0.5, 0.6) is 0 Å². The number of amides is 2. The van der Waals surface area contributed by atoms with Crippen molar-refractivity contribution >= 4 is 28.5 Å². The average Bonchev–Trinajstić information content (AvgIpc) is 2.96. The first-order valence-electron chi connectivity index (χ1n) is 8.15. The molecule has 0 unspecified atom stereocenters. The van der Waals surface area contributed by atoms with E-state index in [1.807, 2.05) is 29.2 Å². The van der Waals surface area contributed by atoms with Crippen LogP contribution >= 0.6 is 0 Å². The van der Waals surface area contributed by atoms with Gasteiger partial charge in [-0.05, 0) is 29.8 Å². The second kappa shape index (κ2) is 6.58. The molecule has 132 valence electrons. The summed E-state index contributed by atoms with van der Waals surface area (Å²) < 4.78 is 0. The number of hydroxylamine groups is 1. The monoisotopic (exact) mass is 351 g/mol. The van der Waals surface area contributed by atoms with Crippen LogP contribution in [0.15, 0.2) is 42.5 Å². The lowest BCUT2D eigenvalue weighted by Crippen LogP contribution is -2.29. The van der Waals surface area contributed by atoms with Crippen molar-refractivity contribution < 1.29 is 14.8 Å². The number of H-pyrrole nitrogens is 1. The molecule has 0 saturated heterocycles. The predicted octanol–water partition coefficient (Wildman–Crippen LogP) is 1.64. The summed E-state index contributed by atoms with van der Waals surface area (Å²) in [6.07, 6.45) is 0. The molecule has 1 aliphatic heterocycles. The van der Waals surface area contributed by atoms with Gasteiger partial charge in [-0.15, -0.1) is 0 Å². The van der Waals surface area contributed by atoms with Crippen LogP contribution < -0.4 is 10.8 Å². The van der Waals surface area contributed by atoms with Gasteiger partial charge in [-0.3, -0.25) is 19.7 Å². The number of carbonyl (C=O) groups is 2. The van der Waals surface area contributed by atoms with Crippen LogP contribution in [0.2, 0.25) is 0 Å². The van der Waals surface area contributed by atoms with Gasteiger partial charge in [-0.2, -0.15) is 0 Å². The van der Waals surface area contributed by atoms with Crippen molar-refractivity contribution in [2.24, 2.45) is 0 Å². The molecule has 26 heavy (non-hydrogen) atoms. The minimum absolute atomic E-state index is 0.165. The van der Waals surface area contributed by atoms with E-state index in [2.05, 4.69) is 15.3 Å². The fraction of sp³-hybridized carbons (Fsp3) is 0.167. The number of carbonyl (C=O) groups excluding carboxylic acids is 2. The Morgan fingerprint density at radius 1 is 1.23 bits per heavy atom. The third kappa shape index (κ3) is 3.15. The zero-order valence-electron chi connectivity index (χ0n) is 13.8. The van der Waals surface area contributed by atoms with Crippen molar-refractivity contribution in [2.75, 3.05) is 11.9 Å². The van der Waals surface area contributed by atoms with Crippen molar-refractivity contribution in [2.45, 2.75) is 13.1 Å². The lowest BCUT2D eigenvalue weighted by Gasteiger charge is -2.17. The summed E-state index contributed by atoms with van der Waals surface area (Å²) in [5, 5.41) is 11.6. The maximum atomic E-state index is 12.2. The van der Waals surface area contributed by atoms with Gasteiger partial charge < -0.3 is 10.3 Å². The number of imidazole rings is 1. The average molecular weight is 351 g/mol. The molecule has 8 nitrogen and oxygen atoms in total. The Kier molecular flexibility index (Phi) is 4.11. The number of nitrogens with zero attached hydrogens (tertiary/aromatic N) is 2. The highest BCUT2D eigenvalue weighted by atomic mass is 16.5. The molecule has 4 rings (SSSR count). The number of benzene rings is 2. The van der Waals surface area contributed by atoms with Gasteiger partial charge in [0.15, 0.2) is 0 Å². The fourth-order valence-electron chi connectivity index (χ4n) is 3.13. The van der Waals surface area contributed by atoms with Crippen LogP contribution in [0.4, 0.5) is 5.69 Å². The molecular weight excluding hydrogens is 334 g/mol. The number of hydrogen-bond donors (Lipinski definition) is 4. The Bertz CT molecular complexity index is 964. The molecule has 4 N–H and O–H groups in total. The molecule has 0 aliphatic carbocycles. The maximum Gasteiger partial charge on any atom is 0.274 e. The molecule has 3 aromatic rings. The zero-order valence-corrected chi connectivity index (χ0v) is 13.8. The van der Waals surface area contributed by atoms with Crippen LogP contribution in [0.3, 0.4) is 0 Å². The fourth-order valence-corrected chi connectivity index (χ4v) is 3.13. The number of aromatic amines is 1. The largest absolute Gasteiger partial charge is 0.341 e. The number of para-hydroxylation sites is 2. The lowest BCUT2D eigenvalue weighted by molar-refractivity contribution is -0.117. The third-order valence-electron chi connectivity index (χ3n) is 4.32. The number of nitrogens with one attached hydrogen (secondary N) is 3. The lowest BCUT2D eigenvalue weighted by atomic mass is 10.1. The van der Waals surface area contributed by atoms with Crippen LogP contribution in [-0.2, 0) is 17.9 Å². The van der Waals surface area contributed by atoms with Crippen LogP contribution in [-0.4, -0.2) is 38.4 Å². The molecule has 0 radical (unpaired) electrons. The van der Waals surface area contributed by atoms with Gasteiger partial charge in [0.25, 0.3) is 5.91 Å². The summed E-state index contributed by atoms with van der Waals surface area (Å²) in [5.41, 5.74) is 5.18. The van der Waals surface area contributed by atoms with Crippen LogP contribution in [0.25, 0.3) is 11.0 Å². The molecular formula is C18H17N5O3. The van der Waals surface area contributed by atoms with Crippen LogP contribution in [0.1, 0.15) is 21.7 Å². The Labute approximate surface area is 148 Å². The topological polar surface area (TPSA) is 110 Å². The van der Waals surface area contributed by atoms with Gasteiger partial charge in [-0.1, -0.05) is 18.2 Å². The van der Waals surface area contributed by atoms with Crippen molar-refractivity contribution in [1.82, 2.24) is 20.3 Å². The van der Waals surface area contributed by atoms with E-state index in [9.17, 15) is 9.59 Å². The SMILES string of the molecule is O=C1CN(Cc2nc3ccccc3[nH]2)Cc2ccc(C(=O)NO)cc2N1. The van der Waals surface area contributed by atoms with Crippen LogP contribution in [0, 0.1) is 0 Å². The van der Waals surface area contributed by atoms with Crippen molar-refractivity contribution in [3.8, 4) is 0 Å². The van der Waals surface area contributed by atoms with Gasteiger partial charge >= 0.3 is 0 Å². The Hall–Kier alpha value is -3.23. The Morgan fingerprint density at radius 3 is 2.88 bits per heavy atom. The second-order valence-electron chi connectivity index (χ2n) is 6.21. The molecule has 2 amide bonds. The summed E-state index contributed by atoms with van der Waals surface area (Å²) in [4.78, 5) is 33.6. The van der Waals surface area contributed by atoms with E-state index in [4.69, 9.17) is 5.21 Å². The van der Waals surface area contributed by atoms with E-state index in [1.54, 1.807) is 23.7 Å². The highest BCUT2D eigenvalue weighted by molar-refractivity contribution is 5.98. The van der Waals surface area contributed by atoms with Gasteiger partial charge in [0.1, 0.15) is 5.82 Å². The number of rotatable bonds is 3. The molecule has 0 bridgehead atoms. The Balaban J connectivity index is 1.59. The third-order valence-corrected chi connectivity index (χ3v) is 4.32. The molecule has 1 aliphatic rings. The standard InChI is InChI=1S/C18H17N5O3/c24-17-10-23(9-16-19-13-3-1-2-4-14(13)20-16)8-12-6-5-11(18(25)22-26)7-15(12)21-17/h1-7,26H,8-10H2,(H,19,20)(H,21,24)(H,22,25). The Morgan fingerprint density at radius 2 is 2.08 bits per heavy atom. The van der Waals surface area contributed by atoms with E-state index >= 15 is 0 Å². The molecule has 0 fully saturated rings. The van der Waals surface area contributed by atoms with Gasteiger partial charge in [-0.25, -0.2) is 10.5 Å². The number of anilines is 1. The molecule has 0 atom stereocenters. The quantitative estimate of drug-likeness (QED) is 0.423. The van der Waals surface area contributed by atoms with Gasteiger partial charge in [0.2, 0.25) is 5.91 Å². The summed E-state index contributed by atoms with van der Waals surface area (Å²) in [5.74, 6) is 0.00516. The zero-order chi connectivity index (χ0) is 18.1. The molecule has 1 aromatic heterocycles. The molecule has 2 heterocycles. The predicted molar refractivity (Wildman–Crippen MR) is 94.5 cm³/mol.